The maximum Gasteiger partial charge on any atom is 0.0645 e. The molecule has 0 spiro atoms. The van der Waals surface area contributed by atoms with E-state index in [2.05, 4.69) is 39.4 Å². The molecule has 1 fully saturated rings. The molecular weight excluding hydrogens is 292 g/mol. The van der Waals surface area contributed by atoms with Crippen LogP contribution in [0.5, 0.6) is 0 Å². The molecule has 0 radical (unpaired) electrons. The van der Waals surface area contributed by atoms with Crippen LogP contribution in [0.3, 0.4) is 0 Å². The van der Waals surface area contributed by atoms with E-state index >= 15 is 0 Å². The van der Waals surface area contributed by atoms with Crippen LogP contribution >= 0.6 is 15.9 Å². The minimum atomic E-state index is 0.331. The highest BCUT2D eigenvalue weighted by molar-refractivity contribution is 9.09. The Kier molecular flexibility index (Phi) is 3.48. The first-order valence-electron chi connectivity index (χ1n) is 6.16. The first-order chi connectivity index (χ1) is 8.84. The van der Waals surface area contributed by atoms with Gasteiger partial charge in [0.2, 0.25) is 0 Å². The molecule has 18 heavy (non-hydrogen) atoms. The summed E-state index contributed by atoms with van der Waals surface area (Å²) in [5, 5.41) is 4.42. The molecule has 2 heterocycles. The molecule has 0 bridgehead atoms. The van der Waals surface area contributed by atoms with Gasteiger partial charge in [0.1, 0.15) is 0 Å². The molecule has 0 amide bonds. The topological polar surface area (TPSA) is 27.1 Å². The number of benzene rings is 1. The van der Waals surface area contributed by atoms with Crippen LogP contribution in [0.15, 0.2) is 42.7 Å². The van der Waals surface area contributed by atoms with Crippen molar-refractivity contribution in [3.63, 3.8) is 0 Å². The molecule has 2 unspecified atom stereocenters. The second kappa shape index (κ2) is 5.24. The zero-order valence-corrected chi connectivity index (χ0v) is 11.6. The molecule has 1 aromatic carbocycles. The van der Waals surface area contributed by atoms with Crippen LogP contribution in [0, 0.1) is 5.92 Å². The van der Waals surface area contributed by atoms with Crippen molar-refractivity contribution in [1.82, 2.24) is 9.78 Å². The van der Waals surface area contributed by atoms with Gasteiger partial charge in [0.05, 0.1) is 18.5 Å². The molecule has 0 N–H and O–H groups in total. The number of halogens is 1. The number of para-hydroxylation sites is 1. The molecule has 2 aromatic rings. The number of hydrogen-bond donors (Lipinski definition) is 0. The van der Waals surface area contributed by atoms with Crippen molar-refractivity contribution in [3.8, 4) is 5.69 Å². The Balaban J connectivity index is 1.81. The van der Waals surface area contributed by atoms with E-state index in [0.717, 1.165) is 25.3 Å². The van der Waals surface area contributed by atoms with Crippen molar-refractivity contribution in [1.29, 1.82) is 0 Å². The van der Waals surface area contributed by atoms with E-state index in [1.54, 1.807) is 0 Å². The van der Waals surface area contributed by atoms with Crippen molar-refractivity contribution in [2.24, 2.45) is 5.92 Å². The van der Waals surface area contributed by atoms with E-state index in [9.17, 15) is 0 Å². The predicted octanol–water partition coefficient (Wildman–Crippen LogP) is 3.34. The second-order valence-electron chi connectivity index (χ2n) is 4.58. The number of rotatable bonds is 3. The smallest absolute Gasteiger partial charge is 0.0645 e. The van der Waals surface area contributed by atoms with Crippen molar-refractivity contribution in [2.75, 3.05) is 13.2 Å². The molecule has 1 saturated heterocycles. The van der Waals surface area contributed by atoms with Gasteiger partial charge in [-0.25, -0.2) is 4.68 Å². The van der Waals surface area contributed by atoms with Gasteiger partial charge < -0.3 is 4.74 Å². The lowest BCUT2D eigenvalue weighted by Crippen LogP contribution is -2.06. The van der Waals surface area contributed by atoms with Crippen LogP contribution in [-0.4, -0.2) is 23.0 Å². The van der Waals surface area contributed by atoms with E-state index in [-0.39, 0.29) is 0 Å². The van der Waals surface area contributed by atoms with Crippen LogP contribution in [-0.2, 0) is 4.74 Å². The Hall–Kier alpha value is -1.13. The molecule has 94 valence electrons. The van der Waals surface area contributed by atoms with Gasteiger partial charge in [-0.3, -0.25) is 0 Å². The van der Waals surface area contributed by atoms with Gasteiger partial charge in [-0.05, 0) is 18.6 Å². The number of hydrogen-bond acceptors (Lipinski definition) is 2. The van der Waals surface area contributed by atoms with Gasteiger partial charge in [0.25, 0.3) is 0 Å². The summed E-state index contributed by atoms with van der Waals surface area (Å²) in [5.41, 5.74) is 2.31. The molecular formula is C14H15BrN2O. The number of aromatic nitrogens is 2. The summed E-state index contributed by atoms with van der Waals surface area (Å²) in [6, 6.07) is 10.2. The third-order valence-electron chi connectivity index (χ3n) is 3.32. The van der Waals surface area contributed by atoms with Gasteiger partial charge in [0.15, 0.2) is 0 Å². The van der Waals surface area contributed by atoms with Crippen LogP contribution in [0.4, 0.5) is 0 Å². The standard InChI is InChI=1S/C14H15BrN2O/c15-14(11-6-7-18-10-11)12-8-16-17(9-12)13-4-2-1-3-5-13/h1-5,8-9,11,14H,6-7,10H2. The van der Waals surface area contributed by atoms with Crippen molar-refractivity contribution in [2.45, 2.75) is 11.2 Å². The number of alkyl halides is 1. The highest BCUT2D eigenvalue weighted by Crippen LogP contribution is 2.35. The maximum atomic E-state index is 5.43. The molecule has 0 aliphatic carbocycles. The van der Waals surface area contributed by atoms with E-state index < -0.39 is 0 Å². The average molecular weight is 307 g/mol. The first kappa shape index (κ1) is 11.9. The summed E-state index contributed by atoms with van der Waals surface area (Å²) in [4.78, 5) is 0.331. The summed E-state index contributed by atoms with van der Waals surface area (Å²) < 4.78 is 7.35. The largest absolute Gasteiger partial charge is 0.381 e. The molecule has 1 aliphatic rings. The fraction of sp³-hybridized carbons (Fsp3) is 0.357. The van der Waals surface area contributed by atoms with E-state index in [1.165, 1.54) is 5.56 Å². The lowest BCUT2D eigenvalue weighted by atomic mass is 10.0. The van der Waals surface area contributed by atoms with Gasteiger partial charge >= 0.3 is 0 Å². The Bertz CT molecular complexity index is 506. The third kappa shape index (κ3) is 2.35. The number of ether oxygens (including phenoxy) is 1. The molecule has 3 rings (SSSR count). The Morgan fingerprint density at radius 1 is 1.33 bits per heavy atom. The summed E-state index contributed by atoms with van der Waals surface area (Å²) in [7, 11) is 0. The second-order valence-corrected chi connectivity index (χ2v) is 5.57. The van der Waals surface area contributed by atoms with E-state index in [4.69, 9.17) is 4.74 Å². The summed E-state index contributed by atoms with van der Waals surface area (Å²) in [6.07, 6.45) is 5.14. The highest BCUT2D eigenvalue weighted by Gasteiger charge is 2.25. The van der Waals surface area contributed by atoms with Crippen molar-refractivity contribution in [3.05, 3.63) is 48.3 Å². The molecule has 0 saturated carbocycles. The lowest BCUT2D eigenvalue weighted by molar-refractivity contribution is 0.185. The van der Waals surface area contributed by atoms with Crippen molar-refractivity contribution < 1.29 is 4.74 Å². The fourth-order valence-corrected chi connectivity index (χ4v) is 2.91. The van der Waals surface area contributed by atoms with Gasteiger partial charge in [-0.1, -0.05) is 34.1 Å². The molecule has 1 aliphatic heterocycles. The van der Waals surface area contributed by atoms with Gasteiger partial charge in [-0.15, -0.1) is 0 Å². The Morgan fingerprint density at radius 3 is 2.89 bits per heavy atom. The maximum absolute atomic E-state index is 5.43. The highest BCUT2D eigenvalue weighted by atomic mass is 79.9. The Morgan fingerprint density at radius 2 is 2.17 bits per heavy atom. The van der Waals surface area contributed by atoms with Crippen LogP contribution in [0.1, 0.15) is 16.8 Å². The number of nitrogens with zero attached hydrogens (tertiary/aromatic N) is 2. The minimum Gasteiger partial charge on any atom is -0.381 e. The molecule has 3 nitrogen and oxygen atoms in total. The van der Waals surface area contributed by atoms with Gasteiger partial charge in [0, 0.05) is 29.1 Å². The van der Waals surface area contributed by atoms with Crippen LogP contribution < -0.4 is 0 Å². The van der Waals surface area contributed by atoms with Crippen molar-refractivity contribution >= 4 is 15.9 Å². The average Bonchev–Trinajstić information content (AvgIpc) is 3.10. The normalized spacial score (nSPS) is 21.1. The first-order valence-corrected chi connectivity index (χ1v) is 7.08. The zero-order chi connectivity index (χ0) is 12.4. The summed E-state index contributed by atoms with van der Waals surface area (Å²) in [5.74, 6) is 0.554. The van der Waals surface area contributed by atoms with Crippen LogP contribution in [0.25, 0.3) is 5.69 Å². The Labute approximate surface area is 115 Å². The molecule has 1 aromatic heterocycles. The fourth-order valence-electron chi connectivity index (χ4n) is 2.26. The van der Waals surface area contributed by atoms with E-state index in [0.29, 0.717) is 10.7 Å². The predicted molar refractivity (Wildman–Crippen MR) is 74.2 cm³/mol. The van der Waals surface area contributed by atoms with E-state index in [1.807, 2.05) is 29.1 Å². The SMILES string of the molecule is BrC(c1cnn(-c2ccccc2)c1)C1CCOC1. The van der Waals surface area contributed by atoms with Crippen LogP contribution in [0.2, 0.25) is 0 Å². The van der Waals surface area contributed by atoms with Gasteiger partial charge in [-0.2, -0.15) is 5.10 Å². The zero-order valence-electron chi connectivity index (χ0n) is 10.00. The molecule has 2 atom stereocenters. The summed E-state index contributed by atoms with van der Waals surface area (Å²) in [6.45, 7) is 1.71. The third-order valence-corrected chi connectivity index (χ3v) is 4.60. The lowest BCUT2D eigenvalue weighted by Gasteiger charge is -2.13. The molecule has 4 heteroatoms. The summed E-state index contributed by atoms with van der Waals surface area (Å²) >= 11 is 3.77. The quantitative estimate of drug-likeness (QED) is 0.813. The minimum absolute atomic E-state index is 0.331. The monoisotopic (exact) mass is 306 g/mol.